The normalized spacial score (nSPS) is 12.9. The summed E-state index contributed by atoms with van der Waals surface area (Å²) in [6.07, 6.45) is 2.41. The highest BCUT2D eigenvalue weighted by atomic mass is 16.5. The summed E-state index contributed by atoms with van der Waals surface area (Å²) in [4.78, 5) is 0. The van der Waals surface area contributed by atoms with Crippen molar-refractivity contribution < 1.29 is 4.74 Å². The van der Waals surface area contributed by atoms with Crippen molar-refractivity contribution in [1.82, 2.24) is 5.32 Å². The Balaban J connectivity index is 2.71. The number of hydrogen-bond donors (Lipinski definition) is 1. The van der Waals surface area contributed by atoms with Crippen LogP contribution in [0.1, 0.15) is 38.3 Å². The zero-order valence-corrected chi connectivity index (χ0v) is 11.3. The molecule has 96 valence electrons. The van der Waals surface area contributed by atoms with Gasteiger partial charge in [0.15, 0.2) is 0 Å². The van der Waals surface area contributed by atoms with Gasteiger partial charge in [0.25, 0.3) is 0 Å². The van der Waals surface area contributed by atoms with Gasteiger partial charge in [-0.3, -0.25) is 0 Å². The first-order valence-corrected chi connectivity index (χ1v) is 6.60. The van der Waals surface area contributed by atoms with E-state index in [0.717, 1.165) is 13.2 Å². The van der Waals surface area contributed by atoms with E-state index in [2.05, 4.69) is 49.5 Å². The van der Waals surface area contributed by atoms with E-state index in [4.69, 9.17) is 4.74 Å². The fourth-order valence-corrected chi connectivity index (χ4v) is 2.29. The standard InChI is InChI=1S/C15H25NO/c1-4-13(5-2)15(16-11-12-17-3)14-9-7-6-8-10-14/h6-10,13,15-16H,4-5,11-12H2,1-3H3. The Labute approximate surface area is 105 Å². The smallest absolute Gasteiger partial charge is 0.0587 e. The van der Waals surface area contributed by atoms with Gasteiger partial charge in [-0.2, -0.15) is 0 Å². The number of rotatable bonds is 8. The van der Waals surface area contributed by atoms with Crippen molar-refractivity contribution in [2.24, 2.45) is 5.92 Å². The van der Waals surface area contributed by atoms with Crippen molar-refractivity contribution in [3.05, 3.63) is 35.9 Å². The highest BCUT2D eigenvalue weighted by molar-refractivity contribution is 5.19. The van der Waals surface area contributed by atoms with E-state index in [1.807, 2.05) is 0 Å². The molecule has 0 aromatic heterocycles. The second-order valence-corrected chi connectivity index (χ2v) is 4.41. The van der Waals surface area contributed by atoms with Gasteiger partial charge < -0.3 is 10.1 Å². The lowest BCUT2D eigenvalue weighted by molar-refractivity contribution is 0.189. The number of ether oxygens (including phenoxy) is 1. The number of nitrogens with one attached hydrogen (secondary N) is 1. The molecule has 0 aliphatic rings. The minimum Gasteiger partial charge on any atom is -0.383 e. The molecular weight excluding hydrogens is 210 g/mol. The largest absolute Gasteiger partial charge is 0.383 e. The van der Waals surface area contributed by atoms with Crippen LogP contribution in [0.2, 0.25) is 0 Å². The second kappa shape index (κ2) is 8.26. The molecule has 0 aliphatic heterocycles. The Kier molecular flexibility index (Phi) is 6.90. The van der Waals surface area contributed by atoms with Crippen LogP contribution in [-0.2, 0) is 4.74 Å². The van der Waals surface area contributed by atoms with Crippen molar-refractivity contribution in [3.63, 3.8) is 0 Å². The van der Waals surface area contributed by atoms with E-state index in [1.54, 1.807) is 7.11 Å². The molecule has 0 amide bonds. The molecule has 0 saturated heterocycles. The Morgan fingerprint density at radius 2 is 1.76 bits per heavy atom. The van der Waals surface area contributed by atoms with E-state index in [0.29, 0.717) is 12.0 Å². The molecule has 1 aromatic rings. The molecule has 1 unspecified atom stereocenters. The molecule has 1 aromatic carbocycles. The summed E-state index contributed by atoms with van der Waals surface area (Å²) < 4.78 is 5.11. The molecular formula is C15H25NO. The van der Waals surface area contributed by atoms with E-state index >= 15 is 0 Å². The van der Waals surface area contributed by atoms with Gasteiger partial charge in [-0.1, -0.05) is 57.0 Å². The predicted octanol–water partition coefficient (Wildman–Crippen LogP) is 3.40. The van der Waals surface area contributed by atoms with Crippen LogP contribution in [-0.4, -0.2) is 20.3 Å². The molecule has 0 spiro atoms. The van der Waals surface area contributed by atoms with Gasteiger partial charge in [-0.15, -0.1) is 0 Å². The zero-order valence-electron chi connectivity index (χ0n) is 11.3. The van der Waals surface area contributed by atoms with Crippen LogP contribution in [0.4, 0.5) is 0 Å². The van der Waals surface area contributed by atoms with Crippen LogP contribution in [0, 0.1) is 5.92 Å². The average Bonchev–Trinajstić information content (AvgIpc) is 2.39. The lowest BCUT2D eigenvalue weighted by atomic mass is 9.89. The van der Waals surface area contributed by atoms with Crippen molar-refractivity contribution in [2.75, 3.05) is 20.3 Å². The summed E-state index contributed by atoms with van der Waals surface area (Å²) in [6.45, 7) is 6.21. The minimum atomic E-state index is 0.446. The molecule has 0 fully saturated rings. The minimum absolute atomic E-state index is 0.446. The summed E-state index contributed by atoms with van der Waals surface area (Å²) in [6, 6.07) is 11.2. The summed E-state index contributed by atoms with van der Waals surface area (Å²) in [7, 11) is 1.75. The first kappa shape index (κ1) is 14.2. The number of benzene rings is 1. The Hall–Kier alpha value is -0.860. The first-order valence-electron chi connectivity index (χ1n) is 6.60. The van der Waals surface area contributed by atoms with Crippen molar-refractivity contribution in [2.45, 2.75) is 32.7 Å². The molecule has 1 atom stereocenters. The molecule has 17 heavy (non-hydrogen) atoms. The summed E-state index contributed by atoms with van der Waals surface area (Å²) in [5, 5.41) is 3.61. The quantitative estimate of drug-likeness (QED) is 0.697. The monoisotopic (exact) mass is 235 g/mol. The predicted molar refractivity (Wildman–Crippen MR) is 73.1 cm³/mol. The van der Waals surface area contributed by atoms with Gasteiger partial charge in [-0.25, -0.2) is 0 Å². The van der Waals surface area contributed by atoms with Crippen molar-refractivity contribution in [3.8, 4) is 0 Å². The third kappa shape index (κ3) is 4.49. The van der Waals surface area contributed by atoms with Crippen LogP contribution in [0.5, 0.6) is 0 Å². The number of methoxy groups -OCH3 is 1. The van der Waals surface area contributed by atoms with Crippen LogP contribution in [0.15, 0.2) is 30.3 Å². The fraction of sp³-hybridized carbons (Fsp3) is 0.600. The Morgan fingerprint density at radius 1 is 1.12 bits per heavy atom. The summed E-state index contributed by atoms with van der Waals surface area (Å²) in [5.41, 5.74) is 1.39. The average molecular weight is 235 g/mol. The molecule has 0 aliphatic carbocycles. The lowest BCUT2D eigenvalue weighted by Gasteiger charge is -2.27. The summed E-state index contributed by atoms with van der Waals surface area (Å²) in [5.74, 6) is 0.689. The molecule has 0 heterocycles. The Bertz CT molecular complexity index is 282. The maximum absolute atomic E-state index is 5.11. The van der Waals surface area contributed by atoms with Gasteiger partial charge >= 0.3 is 0 Å². The maximum atomic E-state index is 5.11. The van der Waals surface area contributed by atoms with Gasteiger partial charge in [0.05, 0.1) is 6.61 Å². The second-order valence-electron chi connectivity index (χ2n) is 4.41. The zero-order chi connectivity index (χ0) is 12.5. The highest BCUT2D eigenvalue weighted by Crippen LogP contribution is 2.26. The van der Waals surface area contributed by atoms with E-state index in [1.165, 1.54) is 18.4 Å². The summed E-state index contributed by atoms with van der Waals surface area (Å²) >= 11 is 0. The third-order valence-electron chi connectivity index (χ3n) is 3.35. The molecule has 0 saturated carbocycles. The molecule has 1 rings (SSSR count). The van der Waals surface area contributed by atoms with Crippen LogP contribution in [0.3, 0.4) is 0 Å². The van der Waals surface area contributed by atoms with Crippen LogP contribution in [0.25, 0.3) is 0 Å². The highest BCUT2D eigenvalue weighted by Gasteiger charge is 2.19. The topological polar surface area (TPSA) is 21.3 Å². The van der Waals surface area contributed by atoms with E-state index in [9.17, 15) is 0 Å². The Morgan fingerprint density at radius 3 is 2.29 bits per heavy atom. The van der Waals surface area contributed by atoms with Gasteiger partial charge in [0.2, 0.25) is 0 Å². The van der Waals surface area contributed by atoms with Gasteiger partial charge in [-0.05, 0) is 11.5 Å². The van der Waals surface area contributed by atoms with E-state index < -0.39 is 0 Å². The maximum Gasteiger partial charge on any atom is 0.0587 e. The molecule has 0 radical (unpaired) electrons. The van der Waals surface area contributed by atoms with Gasteiger partial charge in [0, 0.05) is 19.7 Å². The van der Waals surface area contributed by atoms with Crippen molar-refractivity contribution in [1.29, 1.82) is 0 Å². The molecule has 2 heteroatoms. The molecule has 1 N–H and O–H groups in total. The lowest BCUT2D eigenvalue weighted by Crippen LogP contribution is -2.30. The van der Waals surface area contributed by atoms with Crippen LogP contribution >= 0.6 is 0 Å². The van der Waals surface area contributed by atoms with Gasteiger partial charge in [0.1, 0.15) is 0 Å². The molecule has 0 bridgehead atoms. The SMILES string of the molecule is CCC(CC)C(NCCOC)c1ccccc1. The van der Waals surface area contributed by atoms with Crippen LogP contribution < -0.4 is 5.32 Å². The molecule has 2 nitrogen and oxygen atoms in total. The third-order valence-corrected chi connectivity index (χ3v) is 3.35. The first-order chi connectivity index (χ1) is 8.33. The fourth-order valence-electron chi connectivity index (χ4n) is 2.29. The number of hydrogen-bond acceptors (Lipinski definition) is 2. The van der Waals surface area contributed by atoms with E-state index in [-0.39, 0.29) is 0 Å². The van der Waals surface area contributed by atoms with Crippen molar-refractivity contribution >= 4 is 0 Å².